The van der Waals surface area contributed by atoms with E-state index in [0.29, 0.717) is 5.92 Å². The highest BCUT2D eigenvalue weighted by Crippen LogP contribution is 2.43. The summed E-state index contributed by atoms with van der Waals surface area (Å²) < 4.78 is 0. The number of hydrogen-bond donors (Lipinski definition) is 1. The third kappa shape index (κ3) is 3.35. The van der Waals surface area contributed by atoms with Gasteiger partial charge < -0.3 is 9.88 Å². The molecule has 6 heteroatoms. The van der Waals surface area contributed by atoms with Gasteiger partial charge in [-0.05, 0) is 25.2 Å². The highest BCUT2D eigenvalue weighted by atomic mass is 15.3. The summed E-state index contributed by atoms with van der Waals surface area (Å²) in [5.41, 5.74) is 3.99. The van der Waals surface area contributed by atoms with Gasteiger partial charge in [0.2, 0.25) is 0 Å². The van der Waals surface area contributed by atoms with Crippen LogP contribution in [0.2, 0.25) is 0 Å². The number of aromatic amines is 1. The number of nitrogens with zero attached hydrogens (tertiary/aromatic N) is 5. The predicted molar refractivity (Wildman–Crippen MR) is 108 cm³/mol. The maximum absolute atomic E-state index is 4.79. The minimum atomic E-state index is 0.0757. The van der Waals surface area contributed by atoms with Crippen molar-refractivity contribution in [3.8, 4) is 0 Å². The molecule has 1 saturated heterocycles. The zero-order valence-electron chi connectivity index (χ0n) is 16.9. The van der Waals surface area contributed by atoms with Gasteiger partial charge in [-0.2, -0.15) is 0 Å². The summed E-state index contributed by atoms with van der Waals surface area (Å²) in [7, 11) is 0. The Bertz CT molecular complexity index is 760. The van der Waals surface area contributed by atoms with Gasteiger partial charge in [0.05, 0.1) is 17.6 Å². The van der Waals surface area contributed by atoms with Gasteiger partial charge in [-0.3, -0.25) is 4.90 Å². The molecule has 0 bridgehead atoms. The Morgan fingerprint density at radius 2 is 2.00 bits per heavy atom. The first-order valence-electron chi connectivity index (χ1n) is 10.5. The molecule has 0 aromatic carbocycles. The standard InChI is InChI=1S/C21H32N6/c1-4-5-17-12-22-14-25-20(17)26-10-7-21(8-11-26)19-18(23-15-24-19)6-9-27(21)13-16(2)3/h12,14-16H,4-11,13H2,1-3H3,(H,23,24). The van der Waals surface area contributed by atoms with Gasteiger partial charge in [0.25, 0.3) is 0 Å². The molecule has 4 rings (SSSR count). The van der Waals surface area contributed by atoms with E-state index in [1.54, 1.807) is 6.33 Å². The molecule has 0 amide bonds. The molecule has 2 aliphatic rings. The number of fused-ring (bicyclic) bond motifs is 2. The van der Waals surface area contributed by atoms with Crippen LogP contribution < -0.4 is 4.90 Å². The number of piperidine rings is 1. The van der Waals surface area contributed by atoms with Gasteiger partial charge in [-0.25, -0.2) is 15.0 Å². The summed E-state index contributed by atoms with van der Waals surface area (Å²) in [6, 6.07) is 0. The van der Waals surface area contributed by atoms with E-state index in [1.165, 1.54) is 17.0 Å². The number of anilines is 1. The van der Waals surface area contributed by atoms with Crippen LogP contribution in [0.1, 0.15) is 57.0 Å². The average molecular weight is 369 g/mol. The van der Waals surface area contributed by atoms with Crippen LogP contribution in [0.3, 0.4) is 0 Å². The Balaban J connectivity index is 1.59. The number of nitrogens with one attached hydrogen (secondary N) is 1. The Labute approximate surface area is 162 Å². The molecule has 0 saturated carbocycles. The molecule has 0 atom stereocenters. The molecule has 0 unspecified atom stereocenters. The van der Waals surface area contributed by atoms with Crippen molar-refractivity contribution in [2.45, 2.75) is 58.4 Å². The number of aromatic nitrogens is 4. The lowest BCUT2D eigenvalue weighted by atomic mass is 9.78. The van der Waals surface area contributed by atoms with E-state index in [0.717, 1.165) is 64.1 Å². The van der Waals surface area contributed by atoms with E-state index in [4.69, 9.17) is 4.98 Å². The Morgan fingerprint density at radius 3 is 2.74 bits per heavy atom. The SMILES string of the molecule is CCCc1cncnc1N1CCC2(CC1)c1nc[nH]c1CCN2CC(C)C. The molecule has 27 heavy (non-hydrogen) atoms. The second-order valence-corrected chi connectivity index (χ2v) is 8.46. The van der Waals surface area contributed by atoms with Crippen molar-refractivity contribution in [2.24, 2.45) is 5.92 Å². The molecule has 2 aromatic heterocycles. The van der Waals surface area contributed by atoms with Gasteiger partial charge in [0.15, 0.2) is 0 Å². The fourth-order valence-corrected chi connectivity index (χ4v) is 4.95. The van der Waals surface area contributed by atoms with Crippen molar-refractivity contribution in [1.82, 2.24) is 24.8 Å². The van der Waals surface area contributed by atoms with Crippen molar-refractivity contribution in [3.63, 3.8) is 0 Å². The first kappa shape index (κ1) is 18.4. The van der Waals surface area contributed by atoms with Crippen molar-refractivity contribution >= 4 is 5.82 Å². The van der Waals surface area contributed by atoms with E-state index in [9.17, 15) is 0 Å². The maximum atomic E-state index is 4.79. The lowest BCUT2D eigenvalue weighted by Crippen LogP contribution is -2.57. The van der Waals surface area contributed by atoms with E-state index >= 15 is 0 Å². The van der Waals surface area contributed by atoms with Crippen LogP contribution in [0.4, 0.5) is 5.82 Å². The lowest BCUT2D eigenvalue weighted by molar-refractivity contribution is 0.0341. The number of aryl methyl sites for hydroxylation is 1. The third-order valence-electron chi connectivity index (χ3n) is 6.16. The second kappa shape index (κ2) is 7.58. The monoisotopic (exact) mass is 368 g/mol. The van der Waals surface area contributed by atoms with Crippen LogP contribution in [-0.4, -0.2) is 51.0 Å². The van der Waals surface area contributed by atoms with Crippen LogP contribution in [0.25, 0.3) is 0 Å². The molecule has 146 valence electrons. The van der Waals surface area contributed by atoms with Crippen LogP contribution in [0.15, 0.2) is 18.9 Å². The Hall–Kier alpha value is -1.95. The van der Waals surface area contributed by atoms with Crippen LogP contribution in [0.5, 0.6) is 0 Å². The number of imidazole rings is 1. The van der Waals surface area contributed by atoms with Crippen LogP contribution in [0, 0.1) is 5.92 Å². The van der Waals surface area contributed by atoms with Gasteiger partial charge >= 0.3 is 0 Å². The Kier molecular flexibility index (Phi) is 5.17. The van der Waals surface area contributed by atoms with Crippen LogP contribution in [-0.2, 0) is 18.4 Å². The van der Waals surface area contributed by atoms with E-state index < -0.39 is 0 Å². The summed E-state index contributed by atoms with van der Waals surface area (Å²) in [6.45, 7) is 11.2. The molecule has 1 N–H and O–H groups in total. The lowest BCUT2D eigenvalue weighted by Gasteiger charge is -2.51. The average Bonchev–Trinajstić information content (AvgIpc) is 3.15. The van der Waals surface area contributed by atoms with Gasteiger partial charge in [0, 0.05) is 50.1 Å². The molecule has 2 aliphatic heterocycles. The quantitative estimate of drug-likeness (QED) is 0.878. The predicted octanol–water partition coefficient (Wildman–Crippen LogP) is 3.16. The van der Waals surface area contributed by atoms with Crippen molar-refractivity contribution < 1.29 is 0 Å². The molecule has 0 radical (unpaired) electrons. The largest absolute Gasteiger partial charge is 0.356 e. The fraction of sp³-hybridized carbons (Fsp3) is 0.667. The number of hydrogen-bond acceptors (Lipinski definition) is 5. The normalized spacial score (nSPS) is 19.6. The molecule has 2 aromatic rings. The van der Waals surface area contributed by atoms with Crippen molar-refractivity contribution in [3.05, 3.63) is 35.8 Å². The Morgan fingerprint density at radius 1 is 1.19 bits per heavy atom. The molecule has 1 fully saturated rings. The minimum Gasteiger partial charge on any atom is -0.356 e. The summed E-state index contributed by atoms with van der Waals surface area (Å²) in [5, 5.41) is 0. The molecular weight excluding hydrogens is 336 g/mol. The van der Waals surface area contributed by atoms with Crippen molar-refractivity contribution in [1.29, 1.82) is 0 Å². The molecular formula is C21H32N6. The minimum absolute atomic E-state index is 0.0757. The van der Waals surface area contributed by atoms with Gasteiger partial charge in [-0.1, -0.05) is 27.2 Å². The first-order valence-corrected chi connectivity index (χ1v) is 10.5. The fourth-order valence-electron chi connectivity index (χ4n) is 4.95. The van der Waals surface area contributed by atoms with E-state index in [2.05, 4.69) is 45.5 Å². The molecule has 6 nitrogen and oxygen atoms in total. The summed E-state index contributed by atoms with van der Waals surface area (Å²) in [6.07, 6.45) is 11.0. The summed E-state index contributed by atoms with van der Waals surface area (Å²) >= 11 is 0. The highest BCUT2D eigenvalue weighted by molar-refractivity contribution is 5.46. The van der Waals surface area contributed by atoms with E-state index in [-0.39, 0.29) is 5.54 Å². The molecule has 4 heterocycles. The third-order valence-corrected chi connectivity index (χ3v) is 6.16. The zero-order chi connectivity index (χ0) is 18.9. The molecule has 0 aliphatic carbocycles. The number of H-pyrrole nitrogens is 1. The smallest absolute Gasteiger partial charge is 0.135 e. The maximum Gasteiger partial charge on any atom is 0.135 e. The van der Waals surface area contributed by atoms with Crippen LogP contribution >= 0.6 is 0 Å². The van der Waals surface area contributed by atoms with E-state index in [1.807, 2.05) is 12.5 Å². The molecule has 1 spiro atoms. The zero-order valence-corrected chi connectivity index (χ0v) is 16.9. The van der Waals surface area contributed by atoms with Gasteiger partial charge in [0.1, 0.15) is 12.1 Å². The summed E-state index contributed by atoms with van der Waals surface area (Å²) in [5.74, 6) is 1.80. The van der Waals surface area contributed by atoms with Crippen molar-refractivity contribution in [2.75, 3.05) is 31.1 Å². The second-order valence-electron chi connectivity index (χ2n) is 8.46. The first-order chi connectivity index (χ1) is 13.1. The highest BCUT2D eigenvalue weighted by Gasteiger charge is 2.46. The number of rotatable bonds is 5. The summed E-state index contributed by atoms with van der Waals surface area (Å²) in [4.78, 5) is 22.3. The van der Waals surface area contributed by atoms with Gasteiger partial charge in [-0.15, -0.1) is 0 Å². The topological polar surface area (TPSA) is 60.9 Å².